The number of hydrogen-bond donors (Lipinski definition) is 2. The van der Waals surface area contributed by atoms with Gasteiger partial charge in [0.1, 0.15) is 0 Å². The van der Waals surface area contributed by atoms with E-state index in [0.717, 1.165) is 18.3 Å². The number of aliphatic hydroxyl groups is 1. The van der Waals surface area contributed by atoms with E-state index in [4.69, 9.17) is 0 Å². The van der Waals surface area contributed by atoms with Gasteiger partial charge in [-0.1, -0.05) is 19.3 Å². The largest absolute Gasteiger partial charge is 0.396 e. The fraction of sp³-hybridized carbons (Fsp3) is 1.00. The zero-order valence-corrected chi connectivity index (χ0v) is 10.6. The van der Waals surface area contributed by atoms with Crippen LogP contribution >= 0.6 is 0 Å². The molecule has 2 aliphatic carbocycles. The van der Waals surface area contributed by atoms with Gasteiger partial charge in [-0.15, -0.1) is 0 Å². The molecule has 0 aromatic carbocycles. The minimum absolute atomic E-state index is 0.339. The first-order valence-corrected chi connectivity index (χ1v) is 7.18. The molecule has 2 saturated carbocycles. The summed E-state index contributed by atoms with van der Waals surface area (Å²) in [6, 6.07) is 1.24. The van der Waals surface area contributed by atoms with Crippen LogP contribution in [0.15, 0.2) is 0 Å². The molecule has 94 valence electrons. The fourth-order valence-electron chi connectivity index (χ4n) is 3.20. The van der Waals surface area contributed by atoms with E-state index in [1.165, 1.54) is 44.9 Å². The summed E-state index contributed by atoms with van der Waals surface area (Å²) < 4.78 is 0. The molecule has 2 nitrogen and oxygen atoms in total. The minimum Gasteiger partial charge on any atom is -0.396 e. The molecule has 0 spiro atoms. The van der Waals surface area contributed by atoms with Crippen molar-refractivity contribution in [3.63, 3.8) is 0 Å². The lowest BCUT2D eigenvalue weighted by Gasteiger charge is -2.33. The summed E-state index contributed by atoms with van der Waals surface area (Å²) in [5.41, 5.74) is 0. The zero-order valence-electron chi connectivity index (χ0n) is 10.6. The summed E-state index contributed by atoms with van der Waals surface area (Å²) in [4.78, 5) is 0. The Balaban J connectivity index is 1.81. The van der Waals surface area contributed by atoms with Crippen molar-refractivity contribution in [2.75, 3.05) is 6.61 Å². The van der Waals surface area contributed by atoms with Crippen molar-refractivity contribution in [3.05, 3.63) is 0 Å². The summed E-state index contributed by atoms with van der Waals surface area (Å²) in [5.74, 6) is 1.74. The van der Waals surface area contributed by atoms with Gasteiger partial charge in [0.05, 0.1) is 0 Å². The van der Waals surface area contributed by atoms with Crippen molar-refractivity contribution < 1.29 is 5.11 Å². The lowest BCUT2D eigenvalue weighted by atomic mass is 9.82. The van der Waals surface area contributed by atoms with Crippen LogP contribution in [-0.4, -0.2) is 23.8 Å². The number of nitrogens with one attached hydrogen (secondary N) is 1. The van der Waals surface area contributed by atoms with E-state index in [1.54, 1.807) is 0 Å². The Bertz CT molecular complexity index is 197. The van der Waals surface area contributed by atoms with E-state index in [0.29, 0.717) is 18.7 Å². The molecule has 2 fully saturated rings. The second kappa shape index (κ2) is 6.02. The Kier molecular flexibility index (Phi) is 4.66. The first kappa shape index (κ1) is 12.4. The standard InChI is InChI=1S/C14H27NO/c1-11(12-7-8-12)15-14(9-10-16)13-5-3-2-4-6-13/h11-16H,2-10H2,1H3. The van der Waals surface area contributed by atoms with Crippen LogP contribution in [0.4, 0.5) is 0 Å². The SMILES string of the molecule is CC(NC(CCO)C1CCCCC1)C1CC1. The molecule has 0 aromatic rings. The molecule has 0 saturated heterocycles. The van der Waals surface area contributed by atoms with Crippen LogP contribution in [0.25, 0.3) is 0 Å². The van der Waals surface area contributed by atoms with Crippen LogP contribution in [0, 0.1) is 11.8 Å². The number of aliphatic hydroxyl groups excluding tert-OH is 1. The van der Waals surface area contributed by atoms with E-state index < -0.39 is 0 Å². The smallest absolute Gasteiger partial charge is 0.0445 e. The predicted octanol–water partition coefficient (Wildman–Crippen LogP) is 2.71. The molecule has 2 rings (SSSR count). The lowest BCUT2D eigenvalue weighted by molar-refractivity contribution is 0.194. The van der Waals surface area contributed by atoms with Crippen molar-refractivity contribution >= 4 is 0 Å². The Morgan fingerprint density at radius 1 is 1.06 bits per heavy atom. The van der Waals surface area contributed by atoms with Gasteiger partial charge in [0.25, 0.3) is 0 Å². The quantitative estimate of drug-likeness (QED) is 0.728. The summed E-state index contributed by atoms with van der Waals surface area (Å²) in [6.07, 6.45) is 10.7. The molecular formula is C14H27NO. The predicted molar refractivity (Wildman–Crippen MR) is 67.4 cm³/mol. The van der Waals surface area contributed by atoms with Crippen LogP contribution in [-0.2, 0) is 0 Å². The Hall–Kier alpha value is -0.0800. The van der Waals surface area contributed by atoms with Gasteiger partial charge < -0.3 is 10.4 Å². The molecule has 2 N–H and O–H groups in total. The highest BCUT2D eigenvalue weighted by Gasteiger charge is 2.31. The number of hydrogen-bond acceptors (Lipinski definition) is 2. The first-order valence-electron chi connectivity index (χ1n) is 7.18. The molecule has 0 aliphatic heterocycles. The van der Waals surface area contributed by atoms with E-state index >= 15 is 0 Å². The maximum absolute atomic E-state index is 9.19. The van der Waals surface area contributed by atoms with Crippen molar-refractivity contribution in [3.8, 4) is 0 Å². The molecular weight excluding hydrogens is 198 g/mol. The molecule has 2 aliphatic rings. The average molecular weight is 225 g/mol. The van der Waals surface area contributed by atoms with Gasteiger partial charge in [0.2, 0.25) is 0 Å². The molecule has 2 unspecified atom stereocenters. The monoisotopic (exact) mass is 225 g/mol. The fourth-order valence-corrected chi connectivity index (χ4v) is 3.20. The topological polar surface area (TPSA) is 32.3 Å². The molecule has 2 atom stereocenters. The molecule has 0 aromatic heterocycles. The molecule has 16 heavy (non-hydrogen) atoms. The number of rotatable bonds is 6. The highest BCUT2D eigenvalue weighted by molar-refractivity contribution is 4.88. The van der Waals surface area contributed by atoms with Crippen LogP contribution in [0.1, 0.15) is 58.3 Å². The zero-order chi connectivity index (χ0) is 11.4. The van der Waals surface area contributed by atoms with Crippen LogP contribution in [0.5, 0.6) is 0 Å². The van der Waals surface area contributed by atoms with E-state index in [2.05, 4.69) is 12.2 Å². The third-order valence-electron chi connectivity index (χ3n) is 4.47. The third-order valence-corrected chi connectivity index (χ3v) is 4.47. The maximum Gasteiger partial charge on any atom is 0.0445 e. The highest BCUT2D eigenvalue weighted by Crippen LogP contribution is 2.34. The Morgan fingerprint density at radius 2 is 1.75 bits per heavy atom. The van der Waals surface area contributed by atoms with Crippen LogP contribution < -0.4 is 5.32 Å². The van der Waals surface area contributed by atoms with Crippen molar-refractivity contribution in [2.24, 2.45) is 11.8 Å². The van der Waals surface area contributed by atoms with Gasteiger partial charge in [0.15, 0.2) is 0 Å². The van der Waals surface area contributed by atoms with E-state index in [-0.39, 0.29) is 0 Å². The molecule has 0 radical (unpaired) electrons. The van der Waals surface area contributed by atoms with E-state index in [1.807, 2.05) is 0 Å². The average Bonchev–Trinajstić information content (AvgIpc) is 3.13. The van der Waals surface area contributed by atoms with Crippen molar-refractivity contribution in [1.82, 2.24) is 5.32 Å². The second-order valence-corrected chi connectivity index (χ2v) is 5.81. The van der Waals surface area contributed by atoms with Crippen LogP contribution in [0.2, 0.25) is 0 Å². The van der Waals surface area contributed by atoms with Crippen molar-refractivity contribution in [1.29, 1.82) is 0 Å². The van der Waals surface area contributed by atoms with E-state index in [9.17, 15) is 5.11 Å². The normalized spacial score (nSPS) is 26.6. The molecule has 0 amide bonds. The Morgan fingerprint density at radius 3 is 2.31 bits per heavy atom. The van der Waals surface area contributed by atoms with Gasteiger partial charge in [-0.2, -0.15) is 0 Å². The maximum atomic E-state index is 9.19. The van der Waals surface area contributed by atoms with Gasteiger partial charge in [0, 0.05) is 18.7 Å². The summed E-state index contributed by atoms with van der Waals surface area (Å²) in [5, 5.41) is 13.0. The van der Waals surface area contributed by atoms with Gasteiger partial charge in [-0.05, 0) is 50.9 Å². The molecule has 2 heteroatoms. The summed E-state index contributed by atoms with van der Waals surface area (Å²) in [6.45, 7) is 2.66. The van der Waals surface area contributed by atoms with Crippen molar-refractivity contribution in [2.45, 2.75) is 70.4 Å². The Labute approximate surface area is 99.8 Å². The van der Waals surface area contributed by atoms with Crippen LogP contribution in [0.3, 0.4) is 0 Å². The van der Waals surface area contributed by atoms with Gasteiger partial charge in [-0.25, -0.2) is 0 Å². The third kappa shape index (κ3) is 3.46. The molecule has 0 heterocycles. The summed E-state index contributed by atoms with van der Waals surface area (Å²) in [7, 11) is 0. The minimum atomic E-state index is 0.339. The lowest BCUT2D eigenvalue weighted by Crippen LogP contribution is -2.43. The van der Waals surface area contributed by atoms with Gasteiger partial charge in [-0.3, -0.25) is 0 Å². The molecule has 0 bridgehead atoms. The second-order valence-electron chi connectivity index (χ2n) is 5.81. The van der Waals surface area contributed by atoms with Gasteiger partial charge >= 0.3 is 0 Å². The first-order chi connectivity index (χ1) is 7.81. The highest BCUT2D eigenvalue weighted by atomic mass is 16.3. The summed E-state index contributed by atoms with van der Waals surface area (Å²) >= 11 is 0.